The van der Waals surface area contributed by atoms with E-state index in [2.05, 4.69) is 4.72 Å². The number of carbonyl (C=O) groups excluding carboxylic acids is 2. The Morgan fingerprint density at radius 2 is 1.77 bits per heavy atom. The van der Waals surface area contributed by atoms with Crippen LogP contribution >= 0.6 is 0 Å². The van der Waals surface area contributed by atoms with Crippen LogP contribution in [0.3, 0.4) is 0 Å². The molecule has 8 nitrogen and oxygen atoms in total. The summed E-state index contributed by atoms with van der Waals surface area (Å²) in [4.78, 5) is 26.0. The number of nitrogens with zero attached hydrogens (tertiary/aromatic N) is 1. The highest BCUT2D eigenvalue weighted by molar-refractivity contribution is 7.92. The van der Waals surface area contributed by atoms with E-state index in [1.165, 1.54) is 36.3 Å². The smallest absolute Gasteiger partial charge is 0.325 e. The summed E-state index contributed by atoms with van der Waals surface area (Å²) in [6.45, 7) is 5.21. The summed E-state index contributed by atoms with van der Waals surface area (Å²) < 4.78 is 38.0. The van der Waals surface area contributed by atoms with Crippen LogP contribution in [0.2, 0.25) is 0 Å². The molecule has 0 saturated heterocycles. The maximum Gasteiger partial charge on any atom is 0.325 e. The van der Waals surface area contributed by atoms with Crippen molar-refractivity contribution in [3.63, 3.8) is 0 Å². The van der Waals surface area contributed by atoms with E-state index < -0.39 is 21.9 Å². The normalized spacial score (nSPS) is 11.1. The Hall–Kier alpha value is -3.07. The number of carbonyl (C=O) groups is 2. The van der Waals surface area contributed by atoms with E-state index in [9.17, 15) is 18.0 Å². The Balaban J connectivity index is 2.26. The van der Waals surface area contributed by atoms with E-state index >= 15 is 0 Å². The third-order valence-electron chi connectivity index (χ3n) is 4.22. The van der Waals surface area contributed by atoms with Gasteiger partial charge in [0.15, 0.2) is 0 Å². The Bertz CT molecular complexity index is 987. The third-order valence-corrected chi connectivity index (χ3v) is 5.60. The average Bonchev–Trinajstić information content (AvgIpc) is 2.72. The summed E-state index contributed by atoms with van der Waals surface area (Å²) in [5, 5.41) is 0. The van der Waals surface area contributed by atoms with E-state index in [4.69, 9.17) is 9.47 Å². The number of amides is 1. The molecule has 2 aromatic rings. The molecule has 0 fully saturated rings. The van der Waals surface area contributed by atoms with E-state index in [1.54, 1.807) is 45.0 Å². The lowest BCUT2D eigenvalue weighted by Gasteiger charge is -2.26. The summed E-state index contributed by atoms with van der Waals surface area (Å²) in [7, 11) is -2.40. The predicted molar refractivity (Wildman–Crippen MR) is 113 cm³/mol. The van der Waals surface area contributed by atoms with Crippen LogP contribution in [0, 0.1) is 0 Å². The number of esters is 1. The quantitative estimate of drug-likeness (QED) is 0.609. The first-order valence-corrected chi connectivity index (χ1v) is 10.9. The molecule has 0 atom stereocenters. The van der Waals surface area contributed by atoms with Gasteiger partial charge in [-0.05, 0) is 63.2 Å². The number of methoxy groups -OCH3 is 1. The lowest BCUT2D eigenvalue weighted by Crippen LogP contribution is -2.41. The van der Waals surface area contributed by atoms with Gasteiger partial charge in [0.25, 0.3) is 15.9 Å². The summed E-state index contributed by atoms with van der Waals surface area (Å²) in [6, 6.07) is 11.8. The van der Waals surface area contributed by atoms with Gasteiger partial charge in [-0.15, -0.1) is 0 Å². The van der Waals surface area contributed by atoms with Gasteiger partial charge in [0, 0.05) is 17.3 Å². The number of hydrogen-bond acceptors (Lipinski definition) is 6. The van der Waals surface area contributed by atoms with Gasteiger partial charge in [0.1, 0.15) is 12.3 Å². The molecule has 162 valence electrons. The predicted octanol–water partition coefficient (Wildman–Crippen LogP) is 2.91. The minimum absolute atomic E-state index is 0.0657. The number of benzene rings is 2. The Morgan fingerprint density at radius 1 is 1.10 bits per heavy atom. The second-order valence-electron chi connectivity index (χ2n) is 6.69. The van der Waals surface area contributed by atoms with Crippen LogP contribution in [0.25, 0.3) is 0 Å². The van der Waals surface area contributed by atoms with Crippen LogP contribution in [0.15, 0.2) is 53.4 Å². The van der Waals surface area contributed by atoms with Crippen molar-refractivity contribution in [2.45, 2.75) is 31.7 Å². The second kappa shape index (κ2) is 10.1. The molecule has 2 rings (SSSR count). The Labute approximate surface area is 176 Å². The number of ether oxygens (including phenoxy) is 2. The molecule has 0 aliphatic rings. The van der Waals surface area contributed by atoms with E-state index in [0.29, 0.717) is 11.4 Å². The van der Waals surface area contributed by atoms with E-state index in [1.807, 2.05) is 0 Å². The first kappa shape index (κ1) is 23.2. The van der Waals surface area contributed by atoms with Crippen molar-refractivity contribution in [1.29, 1.82) is 0 Å². The van der Waals surface area contributed by atoms with E-state index in [0.717, 1.165) is 0 Å². The molecule has 1 N–H and O–H groups in total. The maximum absolute atomic E-state index is 12.9. The third kappa shape index (κ3) is 5.96. The van der Waals surface area contributed by atoms with Gasteiger partial charge in [0.2, 0.25) is 0 Å². The largest absolute Gasteiger partial charge is 0.497 e. The molecule has 0 heterocycles. The van der Waals surface area contributed by atoms with Crippen LogP contribution < -0.4 is 9.46 Å². The molecule has 0 aliphatic carbocycles. The molecule has 0 bridgehead atoms. The molecular weight excluding hydrogens is 408 g/mol. The van der Waals surface area contributed by atoms with Gasteiger partial charge in [0.05, 0.1) is 18.6 Å². The maximum atomic E-state index is 12.9. The fraction of sp³-hybridized carbons (Fsp3) is 0.333. The highest BCUT2D eigenvalue weighted by atomic mass is 32.2. The van der Waals surface area contributed by atoms with Gasteiger partial charge in [-0.1, -0.05) is 6.07 Å². The van der Waals surface area contributed by atoms with Crippen molar-refractivity contribution in [1.82, 2.24) is 4.90 Å². The molecule has 0 aliphatic heterocycles. The van der Waals surface area contributed by atoms with Gasteiger partial charge in [-0.2, -0.15) is 0 Å². The fourth-order valence-electron chi connectivity index (χ4n) is 2.67. The average molecular weight is 435 g/mol. The number of anilines is 1. The second-order valence-corrected chi connectivity index (χ2v) is 8.38. The lowest BCUT2D eigenvalue weighted by atomic mass is 10.1. The van der Waals surface area contributed by atoms with Crippen LogP contribution in [-0.4, -0.2) is 51.5 Å². The molecule has 9 heteroatoms. The zero-order valence-corrected chi connectivity index (χ0v) is 18.2. The minimum Gasteiger partial charge on any atom is -0.497 e. The van der Waals surface area contributed by atoms with E-state index in [-0.39, 0.29) is 29.7 Å². The first-order valence-electron chi connectivity index (χ1n) is 9.41. The fourth-order valence-corrected chi connectivity index (χ4v) is 3.77. The number of hydrogen-bond donors (Lipinski definition) is 1. The van der Waals surface area contributed by atoms with Gasteiger partial charge in [-0.25, -0.2) is 8.42 Å². The highest BCUT2D eigenvalue weighted by Crippen LogP contribution is 2.21. The standard InChI is InChI=1S/C21H26N2O6S/c1-5-29-20(24)14-23(15(2)3)21(25)16-7-6-8-19(13-16)30(26,27)22-17-9-11-18(28-4)12-10-17/h6-13,15,22H,5,14H2,1-4H3. The molecule has 0 aromatic heterocycles. The zero-order valence-electron chi connectivity index (χ0n) is 17.4. The molecule has 30 heavy (non-hydrogen) atoms. The summed E-state index contributed by atoms with van der Waals surface area (Å²) in [6.07, 6.45) is 0. The number of rotatable bonds is 9. The van der Waals surface area contributed by atoms with Crippen molar-refractivity contribution >= 4 is 27.6 Å². The van der Waals surface area contributed by atoms with Crippen LogP contribution in [0.4, 0.5) is 5.69 Å². The lowest BCUT2D eigenvalue weighted by molar-refractivity contribution is -0.144. The van der Waals surface area contributed by atoms with Crippen molar-refractivity contribution < 1.29 is 27.5 Å². The van der Waals surface area contributed by atoms with Crippen molar-refractivity contribution in [2.24, 2.45) is 0 Å². The topological polar surface area (TPSA) is 102 Å². The first-order chi connectivity index (χ1) is 14.2. The van der Waals surface area contributed by atoms with Crippen molar-refractivity contribution in [3.8, 4) is 5.75 Å². The SMILES string of the molecule is CCOC(=O)CN(C(=O)c1cccc(S(=O)(=O)Nc2ccc(OC)cc2)c1)C(C)C. The zero-order chi connectivity index (χ0) is 22.3. The number of nitrogens with one attached hydrogen (secondary N) is 1. The summed E-state index contributed by atoms with van der Waals surface area (Å²) >= 11 is 0. The molecule has 1 amide bonds. The molecule has 0 saturated carbocycles. The summed E-state index contributed by atoms with van der Waals surface area (Å²) in [5.41, 5.74) is 0.518. The molecule has 0 radical (unpaired) electrons. The van der Waals surface area contributed by atoms with Crippen LogP contribution in [0.5, 0.6) is 5.75 Å². The molecule has 0 spiro atoms. The van der Waals surface area contributed by atoms with Crippen LogP contribution in [0.1, 0.15) is 31.1 Å². The monoisotopic (exact) mass is 434 g/mol. The van der Waals surface area contributed by atoms with Gasteiger partial charge >= 0.3 is 5.97 Å². The molecule has 0 unspecified atom stereocenters. The minimum atomic E-state index is -3.92. The van der Waals surface area contributed by atoms with Crippen molar-refractivity contribution in [2.75, 3.05) is 25.0 Å². The molecule has 2 aromatic carbocycles. The molecular formula is C21H26N2O6S. The highest BCUT2D eigenvalue weighted by Gasteiger charge is 2.24. The number of sulfonamides is 1. The van der Waals surface area contributed by atoms with Gasteiger partial charge in [-0.3, -0.25) is 14.3 Å². The Morgan fingerprint density at radius 3 is 2.33 bits per heavy atom. The van der Waals surface area contributed by atoms with Crippen LogP contribution in [-0.2, 0) is 19.6 Å². The Kier molecular flexibility index (Phi) is 7.82. The summed E-state index contributed by atoms with van der Waals surface area (Å²) in [5.74, 6) is -0.384. The van der Waals surface area contributed by atoms with Gasteiger partial charge < -0.3 is 14.4 Å². The van der Waals surface area contributed by atoms with Crippen molar-refractivity contribution in [3.05, 3.63) is 54.1 Å².